The molecule has 2 aromatic rings. The van der Waals surface area contributed by atoms with E-state index in [1.165, 1.54) is 6.07 Å². The average Bonchev–Trinajstić information content (AvgIpc) is 2.78. The summed E-state index contributed by atoms with van der Waals surface area (Å²) in [4.78, 5) is 14.4. The second-order valence-electron chi connectivity index (χ2n) is 7.21. The smallest absolute Gasteiger partial charge is 0.416 e. The predicted molar refractivity (Wildman–Crippen MR) is 115 cm³/mol. The van der Waals surface area contributed by atoms with E-state index in [0.29, 0.717) is 56.5 Å². The molecule has 3 rings (SSSR count). The van der Waals surface area contributed by atoms with Crippen LogP contribution in [0.2, 0.25) is 0 Å². The maximum atomic E-state index is 13.2. The number of hydrogen-bond donors (Lipinski definition) is 1. The molecule has 0 atom stereocenters. The SMILES string of the molecule is CCOc1ccccc1OCCCC(=O)Nc1cc(C(F)(F)F)ccc1N1CCOCC1. The third kappa shape index (κ3) is 6.53. The van der Waals surface area contributed by atoms with Crippen LogP contribution < -0.4 is 19.7 Å². The van der Waals surface area contributed by atoms with Gasteiger partial charge in [0.05, 0.1) is 43.4 Å². The van der Waals surface area contributed by atoms with Gasteiger partial charge in [0.1, 0.15) is 0 Å². The molecule has 0 unspecified atom stereocenters. The van der Waals surface area contributed by atoms with E-state index in [-0.39, 0.29) is 24.6 Å². The van der Waals surface area contributed by atoms with Crippen LogP contribution in [0.3, 0.4) is 0 Å². The van der Waals surface area contributed by atoms with Crippen molar-refractivity contribution in [3.05, 3.63) is 48.0 Å². The van der Waals surface area contributed by atoms with Crippen molar-refractivity contribution in [2.45, 2.75) is 25.9 Å². The highest BCUT2D eigenvalue weighted by molar-refractivity contribution is 5.94. The number of hydrogen-bond acceptors (Lipinski definition) is 5. The van der Waals surface area contributed by atoms with Gasteiger partial charge in [-0.25, -0.2) is 0 Å². The van der Waals surface area contributed by atoms with Crippen LogP contribution in [-0.4, -0.2) is 45.4 Å². The Kier molecular flexibility index (Phi) is 8.21. The zero-order valence-electron chi connectivity index (χ0n) is 17.9. The van der Waals surface area contributed by atoms with Gasteiger partial charge in [0.15, 0.2) is 11.5 Å². The van der Waals surface area contributed by atoms with Crippen LogP contribution in [0.5, 0.6) is 11.5 Å². The minimum absolute atomic E-state index is 0.107. The van der Waals surface area contributed by atoms with Gasteiger partial charge < -0.3 is 24.4 Å². The first kappa shape index (κ1) is 23.7. The fourth-order valence-corrected chi connectivity index (χ4v) is 3.36. The minimum atomic E-state index is -4.50. The van der Waals surface area contributed by atoms with E-state index in [1.54, 1.807) is 12.1 Å². The molecule has 1 aliphatic rings. The zero-order valence-corrected chi connectivity index (χ0v) is 17.9. The number of ether oxygens (including phenoxy) is 3. The van der Waals surface area contributed by atoms with E-state index in [0.717, 1.165) is 12.1 Å². The van der Waals surface area contributed by atoms with Crippen LogP contribution in [-0.2, 0) is 15.7 Å². The predicted octanol–water partition coefficient (Wildman–Crippen LogP) is 4.74. The molecule has 0 saturated carbocycles. The lowest BCUT2D eigenvalue weighted by atomic mass is 10.1. The van der Waals surface area contributed by atoms with Gasteiger partial charge in [-0.3, -0.25) is 4.79 Å². The molecule has 9 heteroatoms. The fraction of sp³-hybridized carbons (Fsp3) is 0.435. The van der Waals surface area contributed by atoms with Crippen molar-refractivity contribution in [1.82, 2.24) is 0 Å². The summed E-state index contributed by atoms with van der Waals surface area (Å²) >= 11 is 0. The van der Waals surface area contributed by atoms with E-state index < -0.39 is 11.7 Å². The Morgan fingerprint density at radius 3 is 2.44 bits per heavy atom. The van der Waals surface area contributed by atoms with Crippen LogP contribution in [0.15, 0.2) is 42.5 Å². The first-order valence-electron chi connectivity index (χ1n) is 10.6. The number of amides is 1. The molecular weight excluding hydrogens is 425 g/mol. The Labute approximate surface area is 185 Å². The van der Waals surface area contributed by atoms with Gasteiger partial charge >= 0.3 is 6.18 Å². The normalized spacial score (nSPS) is 14.2. The molecule has 0 bridgehead atoms. The van der Waals surface area contributed by atoms with E-state index in [4.69, 9.17) is 14.2 Å². The standard InChI is InChI=1S/C23H27F3N2O4/c1-2-31-20-6-3-4-7-21(20)32-13-5-8-22(29)27-18-16-17(23(24,25)26)9-10-19(18)28-11-14-30-15-12-28/h3-4,6-7,9-10,16H,2,5,8,11-15H2,1H3,(H,27,29). The fourth-order valence-electron chi connectivity index (χ4n) is 3.36. The molecule has 32 heavy (non-hydrogen) atoms. The Hall–Kier alpha value is -2.94. The highest BCUT2D eigenvalue weighted by Crippen LogP contribution is 2.36. The van der Waals surface area contributed by atoms with Crippen LogP contribution in [0.25, 0.3) is 0 Å². The molecule has 2 aromatic carbocycles. The van der Waals surface area contributed by atoms with Gasteiger partial charge in [-0.2, -0.15) is 13.2 Å². The third-order valence-corrected chi connectivity index (χ3v) is 4.90. The summed E-state index contributed by atoms with van der Waals surface area (Å²) in [5.41, 5.74) is -0.105. The number of benzene rings is 2. The van der Waals surface area contributed by atoms with Crippen LogP contribution >= 0.6 is 0 Å². The minimum Gasteiger partial charge on any atom is -0.490 e. The van der Waals surface area contributed by atoms with Gasteiger partial charge in [0.2, 0.25) is 5.91 Å². The Bertz CT molecular complexity index is 899. The largest absolute Gasteiger partial charge is 0.490 e. The molecule has 1 saturated heterocycles. The lowest BCUT2D eigenvalue weighted by Gasteiger charge is -2.31. The summed E-state index contributed by atoms with van der Waals surface area (Å²) in [7, 11) is 0. The van der Waals surface area contributed by atoms with Crippen LogP contribution in [0, 0.1) is 0 Å². The van der Waals surface area contributed by atoms with Crippen molar-refractivity contribution in [1.29, 1.82) is 0 Å². The van der Waals surface area contributed by atoms with Crippen molar-refractivity contribution in [3.63, 3.8) is 0 Å². The number of anilines is 2. The second-order valence-corrected chi connectivity index (χ2v) is 7.21. The van der Waals surface area contributed by atoms with E-state index in [9.17, 15) is 18.0 Å². The number of para-hydroxylation sites is 2. The summed E-state index contributed by atoms with van der Waals surface area (Å²) in [6.45, 7) is 4.70. The second kappa shape index (κ2) is 11.1. The number of alkyl halides is 3. The molecule has 1 heterocycles. The topological polar surface area (TPSA) is 60.0 Å². The number of carbonyl (C=O) groups excluding carboxylic acids is 1. The molecule has 0 radical (unpaired) electrons. The van der Waals surface area contributed by atoms with E-state index in [1.807, 2.05) is 24.0 Å². The van der Waals surface area contributed by atoms with Crippen molar-refractivity contribution in [2.24, 2.45) is 0 Å². The number of nitrogens with one attached hydrogen (secondary N) is 1. The first-order valence-corrected chi connectivity index (χ1v) is 10.6. The van der Waals surface area contributed by atoms with Gasteiger partial charge in [-0.15, -0.1) is 0 Å². The van der Waals surface area contributed by atoms with Crippen molar-refractivity contribution < 1.29 is 32.2 Å². The summed E-state index contributed by atoms with van der Waals surface area (Å²) in [5.74, 6) is 0.835. The van der Waals surface area contributed by atoms with Crippen LogP contribution in [0.1, 0.15) is 25.3 Å². The van der Waals surface area contributed by atoms with Crippen LogP contribution in [0.4, 0.5) is 24.5 Å². The molecule has 1 fully saturated rings. The third-order valence-electron chi connectivity index (χ3n) is 4.90. The van der Waals surface area contributed by atoms with Gasteiger partial charge in [0.25, 0.3) is 0 Å². The molecular formula is C23H27F3N2O4. The lowest BCUT2D eigenvalue weighted by Crippen LogP contribution is -2.36. The van der Waals surface area contributed by atoms with Crippen molar-refractivity contribution in [3.8, 4) is 11.5 Å². The molecule has 1 aliphatic heterocycles. The molecule has 1 amide bonds. The summed E-state index contributed by atoms with van der Waals surface area (Å²) in [6.07, 6.45) is -3.99. The Morgan fingerprint density at radius 1 is 1.09 bits per heavy atom. The number of halogens is 3. The molecule has 0 aliphatic carbocycles. The highest BCUT2D eigenvalue weighted by atomic mass is 19.4. The van der Waals surface area contributed by atoms with E-state index in [2.05, 4.69) is 5.32 Å². The number of rotatable bonds is 9. The average molecular weight is 452 g/mol. The maximum Gasteiger partial charge on any atom is 0.416 e. The molecule has 1 N–H and O–H groups in total. The Morgan fingerprint density at radius 2 is 1.78 bits per heavy atom. The first-order chi connectivity index (χ1) is 15.4. The molecule has 174 valence electrons. The van der Waals surface area contributed by atoms with Gasteiger partial charge in [-0.05, 0) is 43.7 Å². The summed E-state index contributed by atoms with van der Waals surface area (Å²) in [6, 6.07) is 10.7. The maximum absolute atomic E-state index is 13.2. The molecule has 0 spiro atoms. The molecule has 6 nitrogen and oxygen atoms in total. The number of morpholine rings is 1. The van der Waals surface area contributed by atoms with Gasteiger partial charge in [0, 0.05) is 19.5 Å². The summed E-state index contributed by atoms with van der Waals surface area (Å²) in [5, 5.41) is 2.65. The monoisotopic (exact) mass is 452 g/mol. The Balaban J connectivity index is 1.61. The lowest BCUT2D eigenvalue weighted by molar-refractivity contribution is -0.137. The quantitative estimate of drug-likeness (QED) is 0.557. The van der Waals surface area contributed by atoms with Crippen molar-refractivity contribution in [2.75, 3.05) is 49.7 Å². The number of carbonyl (C=O) groups is 1. The van der Waals surface area contributed by atoms with Crippen molar-refractivity contribution >= 4 is 17.3 Å². The molecule has 0 aromatic heterocycles. The highest BCUT2D eigenvalue weighted by Gasteiger charge is 2.31. The van der Waals surface area contributed by atoms with E-state index >= 15 is 0 Å². The number of nitrogens with zero attached hydrogens (tertiary/aromatic N) is 1. The van der Waals surface area contributed by atoms with Gasteiger partial charge in [-0.1, -0.05) is 12.1 Å². The summed E-state index contributed by atoms with van der Waals surface area (Å²) < 4.78 is 56.1. The zero-order chi connectivity index (χ0) is 23.0.